The zero-order valence-electron chi connectivity index (χ0n) is 8.01. The lowest BCUT2D eigenvalue weighted by Crippen LogP contribution is -2.19. The summed E-state index contributed by atoms with van der Waals surface area (Å²) in [5.41, 5.74) is 2.56. The zero-order valence-corrected chi connectivity index (χ0v) is 9.58. The molecule has 0 aliphatic rings. The van der Waals surface area contributed by atoms with Gasteiger partial charge in [0.1, 0.15) is 9.84 Å². The van der Waals surface area contributed by atoms with Crippen molar-refractivity contribution in [1.29, 1.82) is 0 Å². The molecule has 78 valence electrons. The Hall–Kier alpha value is -0.0600. The quantitative estimate of drug-likeness (QED) is 0.690. The van der Waals surface area contributed by atoms with E-state index < -0.39 is 9.84 Å². The average molecular weight is 226 g/mol. The fourth-order valence-electron chi connectivity index (χ4n) is 0.783. The standard InChI is InChI=1S/C8H16ClNO2S/c1-8(6-9)7-10-4-3-5-13(2,11)12/h6,10H,3-5,7H2,1-2H3. The number of hydrogen-bond acceptors (Lipinski definition) is 3. The number of hydrogen-bond donors (Lipinski definition) is 1. The molecule has 0 saturated carbocycles. The van der Waals surface area contributed by atoms with Crippen molar-refractivity contribution in [3.8, 4) is 0 Å². The van der Waals surface area contributed by atoms with Gasteiger partial charge >= 0.3 is 0 Å². The van der Waals surface area contributed by atoms with Crippen molar-refractivity contribution in [2.45, 2.75) is 13.3 Å². The highest BCUT2D eigenvalue weighted by molar-refractivity contribution is 7.90. The average Bonchev–Trinajstić information content (AvgIpc) is 2.01. The third-order valence-electron chi connectivity index (χ3n) is 1.46. The van der Waals surface area contributed by atoms with E-state index in [4.69, 9.17) is 11.6 Å². The number of nitrogens with one attached hydrogen (secondary N) is 1. The molecule has 0 amide bonds. The van der Waals surface area contributed by atoms with Gasteiger partial charge in [-0.25, -0.2) is 8.42 Å². The SMILES string of the molecule is CC(=CCl)CNCCCS(C)(=O)=O. The molecule has 0 aliphatic carbocycles. The second kappa shape index (κ2) is 6.40. The molecule has 13 heavy (non-hydrogen) atoms. The van der Waals surface area contributed by atoms with E-state index in [0.717, 1.165) is 5.57 Å². The lowest BCUT2D eigenvalue weighted by Gasteiger charge is -2.03. The maximum Gasteiger partial charge on any atom is 0.147 e. The van der Waals surface area contributed by atoms with E-state index in [0.29, 0.717) is 19.5 Å². The van der Waals surface area contributed by atoms with Crippen LogP contribution in [0, 0.1) is 0 Å². The Labute approximate surface area is 85.1 Å². The molecule has 1 N–H and O–H groups in total. The molecule has 0 rings (SSSR count). The zero-order chi connectivity index (χ0) is 10.3. The summed E-state index contributed by atoms with van der Waals surface area (Å²) < 4.78 is 21.4. The van der Waals surface area contributed by atoms with Crippen LogP contribution < -0.4 is 5.32 Å². The van der Waals surface area contributed by atoms with Crippen LogP contribution >= 0.6 is 11.6 Å². The summed E-state index contributed by atoms with van der Waals surface area (Å²) in [6.45, 7) is 3.33. The van der Waals surface area contributed by atoms with Crippen molar-refractivity contribution in [3.05, 3.63) is 11.1 Å². The molecule has 0 radical (unpaired) electrons. The van der Waals surface area contributed by atoms with E-state index in [1.807, 2.05) is 6.92 Å². The van der Waals surface area contributed by atoms with Gasteiger partial charge in [-0.2, -0.15) is 0 Å². The van der Waals surface area contributed by atoms with Gasteiger partial charge in [0.2, 0.25) is 0 Å². The van der Waals surface area contributed by atoms with Gasteiger partial charge < -0.3 is 5.32 Å². The molecule has 0 atom stereocenters. The molecule has 0 aliphatic heterocycles. The smallest absolute Gasteiger partial charge is 0.147 e. The Kier molecular flexibility index (Phi) is 6.37. The van der Waals surface area contributed by atoms with Crippen molar-refractivity contribution < 1.29 is 8.42 Å². The molecule has 0 unspecified atom stereocenters. The van der Waals surface area contributed by atoms with E-state index in [2.05, 4.69) is 5.32 Å². The van der Waals surface area contributed by atoms with Gasteiger partial charge in [0.25, 0.3) is 0 Å². The highest BCUT2D eigenvalue weighted by Gasteiger charge is 2.00. The number of halogens is 1. The summed E-state index contributed by atoms with van der Waals surface area (Å²) in [5.74, 6) is 0.240. The first-order valence-electron chi connectivity index (χ1n) is 4.10. The van der Waals surface area contributed by atoms with Gasteiger partial charge in [-0.1, -0.05) is 11.6 Å². The van der Waals surface area contributed by atoms with Crippen molar-refractivity contribution in [2.75, 3.05) is 25.1 Å². The summed E-state index contributed by atoms with van der Waals surface area (Å²) in [4.78, 5) is 0. The predicted octanol–water partition coefficient (Wildman–Crippen LogP) is 1.15. The summed E-state index contributed by atoms with van der Waals surface area (Å²) in [7, 11) is -2.81. The maximum atomic E-state index is 10.7. The predicted molar refractivity (Wildman–Crippen MR) is 56.8 cm³/mol. The molecule has 0 aromatic carbocycles. The fraction of sp³-hybridized carbons (Fsp3) is 0.750. The first-order valence-corrected chi connectivity index (χ1v) is 6.59. The highest BCUT2D eigenvalue weighted by Crippen LogP contribution is 1.92. The second-order valence-corrected chi connectivity index (χ2v) is 5.59. The van der Waals surface area contributed by atoms with Gasteiger partial charge in [-0.3, -0.25) is 0 Å². The van der Waals surface area contributed by atoms with E-state index in [1.54, 1.807) is 0 Å². The lowest BCUT2D eigenvalue weighted by molar-refractivity contribution is 0.596. The Morgan fingerprint density at radius 3 is 2.62 bits per heavy atom. The maximum absolute atomic E-state index is 10.7. The number of sulfone groups is 1. The largest absolute Gasteiger partial charge is 0.313 e. The van der Waals surface area contributed by atoms with Crippen molar-refractivity contribution in [3.63, 3.8) is 0 Å². The van der Waals surface area contributed by atoms with E-state index >= 15 is 0 Å². The first-order chi connectivity index (χ1) is 5.95. The van der Waals surface area contributed by atoms with E-state index in [1.165, 1.54) is 11.8 Å². The molecule has 0 fully saturated rings. The van der Waals surface area contributed by atoms with Crippen LogP contribution in [0.25, 0.3) is 0 Å². The highest BCUT2D eigenvalue weighted by atomic mass is 35.5. The van der Waals surface area contributed by atoms with Crippen LogP contribution in [0.15, 0.2) is 11.1 Å². The third kappa shape index (κ3) is 9.86. The Bertz CT molecular complexity index is 259. The van der Waals surface area contributed by atoms with E-state index in [-0.39, 0.29) is 5.75 Å². The Morgan fingerprint density at radius 2 is 2.15 bits per heavy atom. The Morgan fingerprint density at radius 1 is 1.54 bits per heavy atom. The van der Waals surface area contributed by atoms with Crippen LogP contribution in [-0.4, -0.2) is 33.5 Å². The topological polar surface area (TPSA) is 46.2 Å². The first kappa shape index (κ1) is 12.9. The van der Waals surface area contributed by atoms with Crippen LogP contribution in [0.5, 0.6) is 0 Å². The minimum absolute atomic E-state index is 0.240. The Balaban J connectivity index is 3.38. The fourth-order valence-corrected chi connectivity index (χ4v) is 1.53. The van der Waals surface area contributed by atoms with Gasteiger partial charge in [0, 0.05) is 18.3 Å². The third-order valence-corrected chi connectivity index (χ3v) is 2.86. The molecular formula is C8H16ClNO2S. The summed E-state index contributed by atoms with van der Waals surface area (Å²) in [5, 5.41) is 3.09. The molecule has 0 saturated heterocycles. The van der Waals surface area contributed by atoms with Gasteiger partial charge in [0.15, 0.2) is 0 Å². The molecule has 5 heteroatoms. The summed E-state index contributed by atoms with van der Waals surface area (Å²) >= 11 is 5.44. The van der Waals surface area contributed by atoms with Crippen LogP contribution in [0.1, 0.15) is 13.3 Å². The van der Waals surface area contributed by atoms with Crippen molar-refractivity contribution in [1.82, 2.24) is 5.32 Å². The van der Waals surface area contributed by atoms with Crippen molar-refractivity contribution in [2.24, 2.45) is 0 Å². The second-order valence-electron chi connectivity index (χ2n) is 3.12. The monoisotopic (exact) mass is 225 g/mol. The van der Waals surface area contributed by atoms with Gasteiger partial charge in [-0.15, -0.1) is 0 Å². The molecule has 0 aromatic rings. The lowest BCUT2D eigenvalue weighted by atomic mass is 10.3. The molecular weight excluding hydrogens is 210 g/mol. The van der Waals surface area contributed by atoms with Crippen LogP contribution in [-0.2, 0) is 9.84 Å². The minimum atomic E-state index is -2.81. The molecule has 0 aromatic heterocycles. The van der Waals surface area contributed by atoms with Crippen LogP contribution in [0.2, 0.25) is 0 Å². The molecule has 0 bridgehead atoms. The van der Waals surface area contributed by atoms with Crippen molar-refractivity contribution >= 4 is 21.4 Å². The van der Waals surface area contributed by atoms with Gasteiger partial charge in [-0.05, 0) is 25.5 Å². The molecule has 0 heterocycles. The van der Waals surface area contributed by atoms with Crippen LogP contribution in [0.4, 0.5) is 0 Å². The summed E-state index contributed by atoms with van der Waals surface area (Å²) in [6, 6.07) is 0. The normalized spacial score (nSPS) is 13.3. The number of rotatable bonds is 6. The molecule has 0 spiro atoms. The molecule has 3 nitrogen and oxygen atoms in total. The minimum Gasteiger partial charge on any atom is -0.313 e. The van der Waals surface area contributed by atoms with Crippen LogP contribution in [0.3, 0.4) is 0 Å². The van der Waals surface area contributed by atoms with Gasteiger partial charge in [0.05, 0.1) is 5.75 Å². The summed E-state index contributed by atoms with van der Waals surface area (Å²) in [6.07, 6.45) is 1.89. The van der Waals surface area contributed by atoms with E-state index in [9.17, 15) is 8.42 Å².